The summed E-state index contributed by atoms with van der Waals surface area (Å²) in [5.41, 5.74) is 0.745. The molecule has 0 fully saturated rings. The molecule has 1 aliphatic rings. The number of benzene rings is 1. The predicted octanol–water partition coefficient (Wildman–Crippen LogP) is 1.03. The second-order valence-electron chi connectivity index (χ2n) is 4.57. The van der Waals surface area contributed by atoms with Crippen molar-refractivity contribution in [2.24, 2.45) is 0 Å². The minimum atomic E-state index is -0.556. The molecule has 1 atom stereocenters. The van der Waals surface area contributed by atoms with Gasteiger partial charge in [-0.3, -0.25) is 4.79 Å². The number of rotatable bonds is 1. The van der Waals surface area contributed by atoms with E-state index in [2.05, 4.69) is 20.8 Å². The largest absolute Gasteiger partial charge is 0.339 e. The molecule has 1 aliphatic heterocycles. The highest BCUT2D eigenvalue weighted by atomic mass is 16.2. The molecule has 1 N–H and O–H groups in total. The second kappa shape index (κ2) is 3.63. The fraction of sp³-hybridized carbons (Fsp3) is 0.333. The maximum Gasteiger partial charge on any atom is 0.254 e. The molecule has 0 unspecified atom stereocenters. The zero-order valence-corrected chi connectivity index (χ0v) is 10.2. The second-order valence-corrected chi connectivity index (χ2v) is 4.57. The van der Waals surface area contributed by atoms with Gasteiger partial charge in [-0.2, -0.15) is 4.68 Å². The summed E-state index contributed by atoms with van der Waals surface area (Å²) in [4.78, 5) is 12.2. The van der Waals surface area contributed by atoms with Crippen LogP contribution in [0.25, 0.3) is 5.69 Å². The maximum absolute atomic E-state index is 12.2. The van der Waals surface area contributed by atoms with E-state index in [0.717, 1.165) is 0 Å². The normalized spacial score (nSPS) is 21.8. The molecule has 0 spiro atoms. The summed E-state index contributed by atoms with van der Waals surface area (Å²) >= 11 is 0. The molecule has 3 rings (SSSR count). The monoisotopic (exact) mass is 243 g/mol. The van der Waals surface area contributed by atoms with Crippen LogP contribution in [0.4, 0.5) is 0 Å². The van der Waals surface area contributed by atoms with Crippen LogP contribution in [-0.4, -0.2) is 26.1 Å². The zero-order chi connectivity index (χ0) is 12.8. The number of carbonyl (C=O) groups is 1. The van der Waals surface area contributed by atoms with Gasteiger partial charge in [0.2, 0.25) is 0 Å². The molecule has 0 aliphatic carbocycles. The lowest BCUT2D eigenvalue weighted by molar-refractivity contribution is 0.0902. The third-order valence-corrected chi connectivity index (χ3v) is 3.44. The molecule has 6 heteroatoms. The van der Waals surface area contributed by atoms with E-state index in [4.69, 9.17) is 0 Å². The molecular formula is C12H13N5O. The van der Waals surface area contributed by atoms with Crippen molar-refractivity contribution in [3.8, 4) is 5.69 Å². The first-order valence-electron chi connectivity index (χ1n) is 5.86. The van der Waals surface area contributed by atoms with Gasteiger partial charge in [-0.05, 0) is 35.9 Å². The van der Waals surface area contributed by atoms with Crippen LogP contribution in [0.3, 0.4) is 0 Å². The van der Waals surface area contributed by atoms with E-state index in [-0.39, 0.29) is 5.91 Å². The van der Waals surface area contributed by atoms with Crippen LogP contribution >= 0.6 is 0 Å². The van der Waals surface area contributed by atoms with E-state index in [9.17, 15) is 4.79 Å². The molecule has 0 saturated carbocycles. The summed E-state index contributed by atoms with van der Waals surface area (Å²) in [6.07, 6.45) is 0.715. The Kier molecular flexibility index (Phi) is 2.19. The van der Waals surface area contributed by atoms with Crippen molar-refractivity contribution in [3.63, 3.8) is 0 Å². The summed E-state index contributed by atoms with van der Waals surface area (Å²) in [6, 6.07) is 7.32. The van der Waals surface area contributed by atoms with E-state index in [1.165, 1.54) is 0 Å². The van der Waals surface area contributed by atoms with Crippen LogP contribution in [0, 0.1) is 0 Å². The Morgan fingerprint density at radius 3 is 2.94 bits per heavy atom. The van der Waals surface area contributed by atoms with Gasteiger partial charge in [0.15, 0.2) is 5.82 Å². The lowest BCUT2D eigenvalue weighted by Crippen LogP contribution is -2.43. The van der Waals surface area contributed by atoms with Gasteiger partial charge in [0.05, 0.1) is 16.8 Å². The van der Waals surface area contributed by atoms with Crippen LogP contribution in [0.5, 0.6) is 0 Å². The van der Waals surface area contributed by atoms with Gasteiger partial charge < -0.3 is 5.32 Å². The number of amides is 1. The average Bonchev–Trinajstić information content (AvgIpc) is 2.85. The van der Waals surface area contributed by atoms with Crippen molar-refractivity contribution in [1.29, 1.82) is 0 Å². The van der Waals surface area contributed by atoms with E-state index < -0.39 is 5.54 Å². The predicted molar refractivity (Wildman–Crippen MR) is 64.3 cm³/mol. The number of hydrogen-bond donors (Lipinski definition) is 1. The quantitative estimate of drug-likeness (QED) is 0.812. The molecule has 92 valence electrons. The lowest BCUT2D eigenvalue weighted by atomic mass is 9.98. The molecule has 18 heavy (non-hydrogen) atoms. The number of para-hydroxylation sites is 1. The third kappa shape index (κ3) is 1.35. The smallest absolute Gasteiger partial charge is 0.254 e. The minimum absolute atomic E-state index is 0.109. The van der Waals surface area contributed by atoms with Gasteiger partial charge in [-0.25, -0.2) is 0 Å². The minimum Gasteiger partial charge on any atom is -0.339 e. The molecule has 1 amide bonds. The number of fused-ring (bicyclic) bond motifs is 3. The number of carbonyl (C=O) groups excluding carboxylic acids is 1. The van der Waals surface area contributed by atoms with Crippen molar-refractivity contribution >= 4 is 5.91 Å². The highest BCUT2D eigenvalue weighted by molar-refractivity contribution is 5.98. The van der Waals surface area contributed by atoms with Gasteiger partial charge in [0, 0.05) is 0 Å². The van der Waals surface area contributed by atoms with Gasteiger partial charge in [0.25, 0.3) is 5.91 Å². The average molecular weight is 243 g/mol. The zero-order valence-electron chi connectivity index (χ0n) is 10.2. The topological polar surface area (TPSA) is 72.7 Å². The van der Waals surface area contributed by atoms with Crippen molar-refractivity contribution in [1.82, 2.24) is 25.5 Å². The van der Waals surface area contributed by atoms with Gasteiger partial charge >= 0.3 is 0 Å². The SMILES string of the molecule is CC[C@]1(C)NC(=O)c2ccccc2-n2nnnc21. The first-order valence-corrected chi connectivity index (χ1v) is 5.86. The van der Waals surface area contributed by atoms with Crippen molar-refractivity contribution in [3.05, 3.63) is 35.7 Å². The fourth-order valence-electron chi connectivity index (χ4n) is 2.16. The lowest BCUT2D eigenvalue weighted by Gasteiger charge is -2.25. The number of tetrazole rings is 1. The number of nitrogens with zero attached hydrogens (tertiary/aromatic N) is 4. The van der Waals surface area contributed by atoms with E-state index in [0.29, 0.717) is 23.5 Å². The summed E-state index contributed by atoms with van der Waals surface area (Å²) in [5.74, 6) is 0.547. The van der Waals surface area contributed by atoms with Crippen molar-refractivity contribution in [2.45, 2.75) is 25.8 Å². The molecule has 1 aromatic carbocycles. The molecule has 0 radical (unpaired) electrons. The van der Waals surface area contributed by atoms with Crippen LogP contribution in [0.1, 0.15) is 36.5 Å². The third-order valence-electron chi connectivity index (χ3n) is 3.44. The van der Waals surface area contributed by atoms with Gasteiger partial charge in [-0.1, -0.05) is 19.1 Å². The summed E-state index contributed by atoms with van der Waals surface area (Å²) < 4.78 is 1.64. The number of aromatic nitrogens is 4. The summed E-state index contributed by atoms with van der Waals surface area (Å²) in [7, 11) is 0. The van der Waals surface area contributed by atoms with Gasteiger partial charge in [0.1, 0.15) is 0 Å². The fourth-order valence-corrected chi connectivity index (χ4v) is 2.16. The molecule has 2 aromatic rings. The first-order chi connectivity index (χ1) is 8.65. The first kappa shape index (κ1) is 10.9. The number of nitrogens with one attached hydrogen (secondary N) is 1. The highest BCUT2D eigenvalue weighted by Crippen LogP contribution is 2.29. The number of hydrogen-bond acceptors (Lipinski definition) is 4. The summed E-state index contributed by atoms with van der Waals surface area (Å²) in [6.45, 7) is 3.92. The molecule has 2 heterocycles. The van der Waals surface area contributed by atoms with Crippen molar-refractivity contribution in [2.75, 3.05) is 0 Å². The van der Waals surface area contributed by atoms with Crippen LogP contribution in [0.2, 0.25) is 0 Å². The van der Waals surface area contributed by atoms with E-state index in [1.54, 1.807) is 10.7 Å². The van der Waals surface area contributed by atoms with E-state index >= 15 is 0 Å². The Labute approximate surface area is 104 Å². The molecule has 6 nitrogen and oxygen atoms in total. The Morgan fingerprint density at radius 1 is 1.39 bits per heavy atom. The molecule has 0 bridgehead atoms. The Balaban J connectivity index is 2.32. The molecule has 1 aromatic heterocycles. The molecular weight excluding hydrogens is 230 g/mol. The summed E-state index contributed by atoms with van der Waals surface area (Å²) in [5, 5.41) is 14.8. The Hall–Kier alpha value is -2.24. The van der Waals surface area contributed by atoms with Crippen molar-refractivity contribution < 1.29 is 4.79 Å². The Bertz CT molecular complexity index is 620. The van der Waals surface area contributed by atoms with Gasteiger partial charge in [-0.15, -0.1) is 5.10 Å². The van der Waals surface area contributed by atoms with E-state index in [1.807, 2.05) is 32.0 Å². The molecule has 0 saturated heterocycles. The van der Waals surface area contributed by atoms with Crippen LogP contribution in [0.15, 0.2) is 24.3 Å². The Morgan fingerprint density at radius 2 is 2.17 bits per heavy atom. The van der Waals surface area contributed by atoms with Crippen LogP contribution in [-0.2, 0) is 5.54 Å². The van der Waals surface area contributed by atoms with Crippen LogP contribution < -0.4 is 5.32 Å². The standard InChI is InChI=1S/C12H13N5O/c1-3-12(2)11-14-15-16-17(11)9-7-5-4-6-8(9)10(18)13-12/h4-7H,3H2,1-2H3,(H,13,18)/t12-/m0/s1. The maximum atomic E-state index is 12.2. The highest BCUT2D eigenvalue weighted by Gasteiger charge is 2.37.